The van der Waals surface area contributed by atoms with Crippen LogP contribution >= 0.6 is 0 Å². The lowest BCUT2D eigenvalue weighted by Gasteiger charge is -2.35. The maximum absolute atomic E-state index is 13.7. The van der Waals surface area contributed by atoms with Gasteiger partial charge in [-0.3, -0.25) is 4.90 Å². The summed E-state index contributed by atoms with van der Waals surface area (Å²) < 4.78 is 31.8. The number of anilines is 1. The normalized spacial score (nSPS) is 16.5. The van der Waals surface area contributed by atoms with Crippen molar-refractivity contribution in [3.05, 3.63) is 76.5 Å². The molecule has 0 unspecified atom stereocenters. The number of urea groups is 1. The zero-order chi connectivity index (χ0) is 21.3. The fourth-order valence-electron chi connectivity index (χ4n) is 3.14. The molecular weight excluding hydrogens is 386 g/mol. The molecule has 1 aliphatic rings. The van der Waals surface area contributed by atoms with E-state index in [1.807, 2.05) is 0 Å². The molecule has 1 N–H and O–H groups in total. The third-order valence-electron chi connectivity index (χ3n) is 4.51. The van der Waals surface area contributed by atoms with Gasteiger partial charge in [0.05, 0.1) is 30.4 Å². The molecule has 7 nitrogen and oxygen atoms in total. The fourth-order valence-corrected chi connectivity index (χ4v) is 3.14. The average Bonchev–Trinajstić information content (AvgIpc) is 2.69. The zero-order valence-electron chi connectivity index (χ0n) is 15.4. The molecule has 29 heavy (non-hydrogen) atoms. The number of carbonyl (C=O) groups is 3. The maximum Gasteiger partial charge on any atom is 0.337 e. The number of ether oxygens (including phenoxy) is 1. The second-order valence-electron chi connectivity index (χ2n) is 6.22. The summed E-state index contributed by atoms with van der Waals surface area (Å²) in [6.45, 7) is 1.46. The van der Waals surface area contributed by atoms with E-state index < -0.39 is 35.6 Å². The molecule has 0 saturated carbocycles. The number of nitrogens with zero attached hydrogens (tertiary/aromatic N) is 1. The van der Waals surface area contributed by atoms with Crippen molar-refractivity contribution in [1.82, 2.24) is 5.32 Å². The van der Waals surface area contributed by atoms with E-state index in [0.29, 0.717) is 0 Å². The van der Waals surface area contributed by atoms with Crippen molar-refractivity contribution < 1.29 is 33.0 Å². The van der Waals surface area contributed by atoms with E-state index in [1.165, 1.54) is 37.3 Å². The molecule has 9 heteroatoms. The van der Waals surface area contributed by atoms with Crippen LogP contribution in [0.15, 0.2) is 53.7 Å². The molecule has 1 atom stereocenters. The van der Waals surface area contributed by atoms with Crippen LogP contribution in [0.5, 0.6) is 0 Å². The summed E-state index contributed by atoms with van der Waals surface area (Å²) in [7, 11) is 1.14. The summed E-state index contributed by atoms with van der Waals surface area (Å²) in [6, 6.07) is 6.62. The summed E-state index contributed by atoms with van der Waals surface area (Å²) in [5.74, 6) is -4.43. The molecule has 0 aliphatic carbocycles. The van der Waals surface area contributed by atoms with Crippen LogP contribution in [0.2, 0.25) is 0 Å². The van der Waals surface area contributed by atoms with Crippen LogP contribution in [0.3, 0.4) is 0 Å². The quantitative estimate of drug-likeness (QED) is 0.791. The topological polar surface area (TPSA) is 98.8 Å². The SMILES string of the molecule is COC(=O)C1=C(C)N(c2cccc(C(=O)[O-])c2)C(=O)N[C@@H]1c1ccc(F)c(F)c1. The second kappa shape index (κ2) is 7.70. The number of carboxylic acids is 1. The van der Waals surface area contributed by atoms with Gasteiger partial charge >= 0.3 is 12.0 Å². The lowest BCUT2D eigenvalue weighted by Crippen LogP contribution is -2.48. The van der Waals surface area contributed by atoms with E-state index >= 15 is 0 Å². The Morgan fingerprint density at radius 3 is 2.48 bits per heavy atom. The second-order valence-corrected chi connectivity index (χ2v) is 6.22. The number of hydrogen-bond donors (Lipinski definition) is 1. The number of aromatic carboxylic acids is 1. The Balaban J connectivity index is 2.15. The van der Waals surface area contributed by atoms with Crippen LogP contribution in [0.4, 0.5) is 19.3 Å². The van der Waals surface area contributed by atoms with E-state index in [2.05, 4.69) is 5.32 Å². The number of hydrogen-bond acceptors (Lipinski definition) is 5. The molecule has 2 aromatic carbocycles. The standard InChI is InChI=1S/C20H16F2N2O5/c1-10-16(19(27)29-2)17(11-6-7-14(21)15(22)9-11)23-20(28)24(10)13-5-3-4-12(8-13)18(25)26/h3-9,17H,1-2H3,(H,23,28)(H,25,26)/p-1/t17-/m1/s1. The summed E-state index contributed by atoms with van der Waals surface area (Å²) in [6.07, 6.45) is 0. The van der Waals surface area contributed by atoms with Gasteiger partial charge in [0.2, 0.25) is 0 Å². The van der Waals surface area contributed by atoms with Crippen LogP contribution in [0.25, 0.3) is 0 Å². The number of amides is 2. The Bertz CT molecular complexity index is 1050. The molecule has 0 saturated heterocycles. The molecular formula is C20H15F2N2O5-. The summed E-state index contributed by atoms with van der Waals surface area (Å²) >= 11 is 0. The van der Waals surface area contributed by atoms with E-state index in [4.69, 9.17) is 4.74 Å². The minimum Gasteiger partial charge on any atom is -0.545 e. The highest BCUT2D eigenvalue weighted by Crippen LogP contribution is 2.34. The Morgan fingerprint density at radius 2 is 1.86 bits per heavy atom. The number of methoxy groups -OCH3 is 1. The minimum atomic E-state index is -1.43. The van der Waals surface area contributed by atoms with E-state index in [9.17, 15) is 28.3 Å². The number of carboxylic acid groups (broad SMARTS) is 1. The number of halogens is 2. The maximum atomic E-state index is 13.7. The van der Waals surface area contributed by atoms with E-state index in [1.54, 1.807) is 0 Å². The van der Waals surface area contributed by atoms with Gasteiger partial charge in [0.1, 0.15) is 0 Å². The molecule has 1 heterocycles. The van der Waals surface area contributed by atoms with Crippen LogP contribution < -0.4 is 15.3 Å². The lowest BCUT2D eigenvalue weighted by molar-refractivity contribution is -0.255. The fraction of sp³-hybridized carbons (Fsp3) is 0.150. The molecule has 0 fully saturated rings. The molecule has 3 rings (SSSR count). The number of esters is 1. The first-order chi connectivity index (χ1) is 13.7. The smallest absolute Gasteiger partial charge is 0.337 e. The molecule has 0 bridgehead atoms. The minimum absolute atomic E-state index is 0.0167. The summed E-state index contributed by atoms with van der Waals surface area (Å²) in [5.41, 5.74) is 0.278. The predicted octanol–water partition coefficient (Wildman–Crippen LogP) is 2.05. The first-order valence-electron chi connectivity index (χ1n) is 8.40. The van der Waals surface area contributed by atoms with Gasteiger partial charge in [0.15, 0.2) is 11.6 Å². The lowest BCUT2D eigenvalue weighted by atomic mass is 9.94. The van der Waals surface area contributed by atoms with Gasteiger partial charge in [-0.25, -0.2) is 18.4 Å². The Labute approximate surface area is 164 Å². The molecule has 1 aliphatic heterocycles. The largest absolute Gasteiger partial charge is 0.545 e. The van der Waals surface area contributed by atoms with E-state index in [0.717, 1.165) is 24.1 Å². The molecule has 0 radical (unpaired) electrons. The van der Waals surface area contributed by atoms with Gasteiger partial charge in [-0.1, -0.05) is 18.2 Å². The van der Waals surface area contributed by atoms with Gasteiger partial charge in [0.25, 0.3) is 0 Å². The Kier molecular flexibility index (Phi) is 5.31. The first kappa shape index (κ1) is 20.0. The number of rotatable bonds is 4. The molecule has 150 valence electrons. The van der Waals surface area contributed by atoms with Crippen molar-refractivity contribution in [2.75, 3.05) is 12.0 Å². The first-order valence-corrected chi connectivity index (χ1v) is 8.40. The van der Waals surface area contributed by atoms with Gasteiger partial charge in [-0.2, -0.15) is 0 Å². The number of benzene rings is 2. The Hall–Kier alpha value is -3.75. The number of allylic oxidation sites excluding steroid dienone is 1. The highest BCUT2D eigenvalue weighted by atomic mass is 19.2. The van der Waals surface area contributed by atoms with Crippen molar-refractivity contribution in [2.24, 2.45) is 0 Å². The van der Waals surface area contributed by atoms with Gasteiger partial charge < -0.3 is 20.0 Å². The van der Waals surface area contributed by atoms with Gasteiger partial charge in [-0.05, 0) is 42.3 Å². The van der Waals surface area contributed by atoms with Crippen LogP contribution in [-0.2, 0) is 9.53 Å². The molecule has 0 aromatic heterocycles. The van der Waals surface area contributed by atoms with Crippen LogP contribution in [-0.4, -0.2) is 25.1 Å². The predicted molar refractivity (Wildman–Crippen MR) is 95.6 cm³/mol. The molecule has 2 aromatic rings. The van der Waals surface area contributed by atoms with Crippen molar-refractivity contribution in [1.29, 1.82) is 0 Å². The highest BCUT2D eigenvalue weighted by molar-refractivity contribution is 6.03. The van der Waals surface area contributed by atoms with Crippen molar-refractivity contribution in [2.45, 2.75) is 13.0 Å². The third-order valence-corrected chi connectivity index (χ3v) is 4.51. The zero-order valence-corrected chi connectivity index (χ0v) is 15.4. The summed E-state index contributed by atoms with van der Waals surface area (Å²) in [4.78, 5) is 37.4. The average molecular weight is 401 g/mol. The Morgan fingerprint density at radius 1 is 1.14 bits per heavy atom. The van der Waals surface area contributed by atoms with Crippen molar-refractivity contribution in [3.8, 4) is 0 Å². The monoisotopic (exact) mass is 401 g/mol. The van der Waals surface area contributed by atoms with Crippen LogP contribution in [0.1, 0.15) is 28.9 Å². The third kappa shape index (κ3) is 3.66. The molecule has 2 amide bonds. The highest BCUT2D eigenvalue weighted by Gasteiger charge is 2.37. The number of carbonyl (C=O) groups excluding carboxylic acids is 3. The molecule has 0 spiro atoms. The van der Waals surface area contributed by atoms with Crippen molar-refractivity contribution >= 4 is 23.7 Å². The van der Waals surface area contributed by atoms with Gasteiger partial charge in [-0.15, -0.1) is 0 Å². The van der Waals surface area contributed by atoms with Gasteiger partial charge in [0, 0.05) is 5.70 Å². The van der Waals surface area contributed by atoms with E-state index in [-0.39, 0.29) is 28.1 Å². The van der Waals surface area contributed by atoms with Crippen molar-refractivity contribution in [3.63, 3.8) is 0 Å². The number of nitrogens with one attached hydrogen (secondary N) is 1. The van der Waals surface area contributed by atoms with Crippen LogP contribution in [0, 0.1) is 11.6 Å². The summed E-state index contributed by atoms with van der Waals surface area (Å²) in [5, 5.41) is 13.7.